The molecule has 0 heterocycles. The number of aliphatic hydroxyl groups is 1. The number of halogens is 1. The van der Waals surface area contributed by atoms with Crippen LogP contribution in [0.1, 0.15) is 0 Å². The lowest BCUT2D eigenvalue weighted by Crippen LogP contribution is -2.20. The molecule has 0 aromatic heterocycles. The van der Waals surface area contributed by atoms with E-state index >= 15 is 0 Å². The predicted molar refractivity (Wildman–Crippen MR) is 52.5 cm³/mol. The number of aliphatic hydroxyl groups excluding tert-OH is 1. The van der Waals surface area contributed by atoms with Gasteiger partial charge in [-0.2, -0.15) is 0 Å². The van der Waals surface area contributed by atoms with Gasteiger partial charge in [0.2, 0.25) is 0 Å². The third kappa shape index (κ3) is 4.11. The third-order valence-electron chi connectivity index (χ3n) is 0.987. The van der Waals surface area contributed by atoms with Gasteiger partial charge in [0, 0.05) is 0 Å². The van der Waals surface area contributed by atoms with Crippen LogP contribution in [0.2, 0.25) is 19.6 Å². The van der Waals surface area contributed by atoms with Gasteiger partial charge in [0.1, 0.15) is 0 Å². The van der Waals surface area contributed by atoms with Crippen LogP contribution in [0.15, 0.2) is 9.28 Å². The highest BCUT2D eigenvalue weighted by Crippen LogP contribution is 2.20. The Bertz CT molecular complexity index is 115. The summed E-state index contributed by atoms with van der Waals surface area (Å²) in [6, 6.07) is 0. The van der Waals surface area contributed by atoms with E-state index < -0.39 is 8.07 Å². The molecule has 0 aromatic rings. The standard InChI is InChI=1S/C6H13IOSi/c1-9(2,3)6(7)4-5-8/h4,8H,5H2,1-3H3/b6-4-. The van der Waals surface area contributed by atoms with Crippen molar-refractivity contribution in [2.24, 2.45) is 0 Å². The lowest BCUT2D eigenvalue weighted by molar-refractivity contribution is 0.343. The number of hydrogen-bond donors (Lipinski definition) is 1. The Kier molecular flexibility index (Phi) is 4.00. The third-order valence-corrected chi connectivity index (χ3v) is 7.92. The highest BCUT2D eigenvalue weighted by molar-refractivity contribution is 14.1. The van der Waals surface area contributed by atoms with Gasteiger partial charge in [-0.15, -0.1) is 0 Å². The zero-order chi connectivity index (χ0) is 7.49. The summed E-state index contributed by atoms with van der Waals surface area (Å²) >= 11 is 2.31. The first kappa shape index (κ1) is 9.65. The topological polar surface area (TPSA) is 20.2 Å². The van der Waals surface area contributed by atoms with Gasteiger partial charge in [-0.05, 0) is 3.20 Å². The Morgan fingerprint density at radius 2 is 2.00 bits per heavy atom. The summed E-state index contributed by atoms with van der Waals surface area (Å²) in [5.41, 5.74) is 0. The van der Waals surface area contributed by atoms with Gasteiger partial charge >= 0.3 is 0 Å². The molecule has 1 N–H and O–H groups in total. The quantitative estimate of drug-likeness (QED) is 0.593. The van der Waals surface area contributed by atoms with Gasteiger partial charge in [0.25, 0.3) is 0 Å². The smallest absolute Gasteiger partial charge is 0.0851 e. The highest BCUT2D eigenvalue weighted by Gasteiger charge is 2.15. The molecule has 0 rings (SSSR count). The molecular weight excluding hydrogens is 243 g/mol. The van der Waals surface area contributed by atoms with Crippen molar-refractivity contribution in [3.8, 4) is 0 Å². The van der Waals surface area contributed by atoms with E-state index in [1.807, 2.05) is 6.08 Å². The molecule has 0 radical (unpaired) electrons. The first-order valence-electron chi connectivity index (χ1n) is 2.95. The van der Waals surface area contributed by atoms with Gasteiger partial charge in [-0.25, -0.2) is 0 Å². The van der Waals surface area contributed by atoms with Crippen LogP contribution < -0.4 is 0 Å². The molecule has 0 aliphatic heterocycles. The number of hydrogen-bond acceptors (Lipinski definition) is 1. The minimum Gasteiger partial charge on any atom is -0.392 e. The maximum Gasteiger partial charge on any atom is 0.0851 e. The molecular formula is C6H13IOSi. The van der Waals surface area contributed by atoms with Crippen molar-refractivity contribution in [2.75, 3.05) is 6.61 Å². The maximum absolute atomic E-state index is 8.54. The fourth-order valence-corrected chi connectivity index (χ4v) is 1.29. The summed E-state index contributed by atoms with van der Waals surface area (Å²) in [5.74, 6) is 0. The summed E-state index contributed by atoms with van der Waals surface area (Å²) in [6.07, 6.45) is 1.90. The fraction of sp³-hybridized carbons (Fsp3) is 0.667. The van der Waals surface area contributed by atoms with Crippen molar-refractivity contribution < 1.29 is 5.11 Å². The van der Waals surface area contributed by atoms with Crippen LogP contribution in [0, 0.1) is 0 Å². The molecule has 3 heteroatoms. The van der Waals surface area contributed by atoms with Crippen molar-refractivity contribution in [3.63, 3.8) is 0 Å². The molecule has 0 unspecified atom stereocenters. The first-order valence-corrected chi connectivity index (χ1v) is 7.53. The lowest BCUT2D eigenvalue weighted by atomic mass is 10.7. The Balaban J connectivity index is 4.03. The summed E-state index contributed by atoms with van der Waals surface area (Å²) in [5, 5.41) is 8.54. The molecule has 0 aliphatic carbocycles. The van der Waals surface area contributed by atoms with E-state index in [0.717, 1.165) is 0 Å². The highest BCUT2D eigenvalue weighted by atomic mass is 127. The summed E-state index contributed by atoms with van der Waals surface area (Å²) in [6.45, 7) is 6.98. The minimum atomic E-state index is -1.09. The van der Waals surface area contributed by atoms with Crippen molar-refractivity contribution in [1.82, 2.24) is 0 Å². The molecule has 0 atom stereocenters. The molecule has 9 heavy (non-hydrogen) atoms. The minimum absolute atomic E-state index is 0.183. The van der Waals surface area contributed by atoms with Crippen molar-refractivity contribution in [2.45, 2.75) is 19.6 Å². The van der Waals surface area contributed by atoms with E-state index in [0.29, 0.717) is 0 Å². The molecule has 0 bridgehead atoms. The van der Waals surface area contributed by atoms with Gasteiger partial charge in [-0.3, -0.25) is 0 Å². The average molecular weight is 256 g/mol. The van der Waals surface area contributed by atoms with Crippen LogP contribution in [0.5, 0.6) is 0 Å². The Labute approximate surface area is 71.3 Å². The van der Waals surface area contributed by atoms with Crippen molar-refractivity contribution in [3.05, 3.63) is 9.28 Å². The Hall–Kier alpha value is 0.647. The molecule has 0 aromatic carbocycles. The van der Waals surface area contributed by atoms with E-state index in [1.54, 1.807) is 0 Å². The zero-order valence-electron chi connectivity index (χ0n) is 6.11. The van der Waals surface area contributed by atoms with E-state index in [9.17, 15) is 0 Å². The summed E-state index contributed by atoms with van der Waals surface area (Å²) < 4.78 is 1.35. The van der Waals surface area contributed by atoms with Crippen molar-refractivity contribution >= 4 is 30.7 Å². The maximum atomic E-state index is 8.54. The zero-order valence-corrected chi connectivity index (χ0v) is 9.27. The van der Waals surface area contributed by atoms with Crippen LogP contribution in [0.25, 0.3) is 0 Å². The van der Waals surface area contributed by atoms with Gasteiger partial charge in [0.15, 0.2) is 0 Å². The Morgan fingerprint density at radius 1 is 1.56 bits per heavy atom. The Morgan fingerprint density at radius 3 is 2.11 bits per heavy atom. The number of rotatable bonds is 2. The molecule has 0 saturated heterocycles. The van der Waals surface area contributed by atoms with E-state index in [-0.39, 0.29) is 6.61 Å². The second kappa shape index (κ2) is 3.73. The summed E-state index contributed by atoms with van der Waals surface area (Å²) in [7, 11) is -1.09. The molecule has 0 aliphatic rings. The second-order valence-electron chi connectivity index (χ2n) is 2.98. The molecule has 0 spiro atoms. The van der Waals surface area contributed by atoms with Crippen LogP contribution in [0.4, 0.5) is 0 Å². The van der Waals surface area contributed by atoms with Crippen LogP contribution in [0.3, 0.4) is 0 Å². The van der Waals surface area contributed by atoms with E-state index in [1.165, 1.54) is 3.20 Å². The second-order valence-corrected chi connectivity index (χ2v) is 10.2. The average Bonchev–Trinajstić information content (AvgIpc) is 1.64. The molecule has 0 amide bonds. The SMILES string of the molecule is C[Si](C)(C)/C(I)=C\CO. The van der Waals surface area contributed by atoms with E-state index in [4.69, 9.17) is 5.11 Å². The van der Waals surface area contributed by atoms with Gasteiger partial charge in [0.05, 0.1) is 14.7 Å². The first-order chi connectivity index (χ1) is 3.98. The van der Waals surface area contributed by atoms with Crippen molar-refractivity contribution in [1.29, 1.82) is 0 Å². The predicted octanol–water partition coefficient (Wildman–Crippen LogP) is 2.18. The fourth-order valence-electron chi connectivity index (χ4n) is 0.386. The largest absolute Gasteiger partial charge is 0.392 e. The molecule has 0 fully saturated rings. The van der Waals surface area contributed by atoms with Crippen LogP contribution in [-0.4, -0.2) is 19.8 Å². The normalized spacial score (nSPS) is 14.1. The van der Waals surface area contributed by atoms with Gasteiger partial charge < -0.3 is 5.11 Å². The van der Waals surface area contributed by atoms with E-state index in [2.05, 4.69) is 42.2 Å². The summed E-state index contributed by atoms with van der Waals surface area (Å²) in [4.78, 5) is 0. The van der Waals surface area contributed by atoms with Crippen LogP contribution >= 0.6 is 22.6 Å². The van der Waals surface area contributed by atoms with Gasteiger partial charge in [-0.1, -0.05) is 48.3 Å². The molecule has 54 valence electrons. The lowest BCUT2D eigenvalue weighted by Gasteiger charge is -2.14. The monoisotopic (exact) mass is 256 g/mol. The van der Waals surface area contributed by atoms with Crippen LogP contribution in [-0.2, 0) is 0 Å². The molecule has 0 saturated carbocycles. The molecule has 1 nitrogen and oxygen atoms in total.